The summed E-state index contributed by atoms with van der Waals surface area (Å²) in [4.78, 5) is 1.38. The van der Waals surface area contributed by atoms with E-state index in [1.165, 1.54) is 14.2 Å². The molecule has 1 unspecified atom stereocenters. The Kier molecular flexibility index (Phi) is 5.19. The number of hydrogen-bond acceptors (Lipinski definition) is 3. The van der Waals surface area contributed by atoms with Gasteiger partial charge in [-0.25, -0.2) is 0 Å². The Morgan fingerprint density at radius 2 is 2.32 bits per heavy atom. The maximum atomic E-state index is 4.48. The van der Waals surface area contributed by atoms with Crippen LogP contribution in [0.1, 0.15) is 35.5 Å². The van der Waals surface area contributed by atoms with Gasteiger partial charge < -0.3 is 5.32 Å². The minimum Gasteiger partial charge on any atom is -0.309 e. The summed E-state index contributed by atoms with van der Waals surface area (Å²) in [7, 11) is 1.96. The molecule has 0 saturated carbocycles. The Morgan fingerprint density at radius 3 is 2.84 bits per heavy atom. The van der Waals surface area contributed by atoms with Crippen LogP contribution >= 0.6 is 27.3 Å². The number of nitrogens with zero attached hydrogens (tertiary/aromatic N) is 2. The number of hydrogen-bond donors (Lipinski definition) is 1. The molecule has 0 aliphatic heterocycles. The molecule has 0 fully saturated rings. The summed E-state index contributed by atoms with van der Waals surface area (Å²) in [5.74, 6) is 0. The molecule has 2 aromatic rings. The molecule has 0 bridgehead atoms. The van der Waals surface area contributed by atoms with Crippen molar-refractivity contribution in [1.29, 1.82) is 0 Å². The van der Waals surface area contributed by atoms with Gasteiger partial charge in [0.1, 0.15) is 0 Å². The molecular formula is C14H20BrN3S. The van der Waals surface area contributed by atoms with E-state index in [-0.39, 0.29) is 0 Å². The number of aromatic nitrogens is 2. The van der Waals surface area contributed by atoms with Crippen LogP contribution < -0.4 is 5.32 Å². The summed E-state index contributed by atoms with van der Waals surface area (Å²) in [5.41, 5.74) is 2.45. The molecule has 5 heteroatoms. The lowest BCUT2D eigenvalue weighted by Crippen LogP contribution is -2.23. The zero-order valence-electron chi connectivity index (χ0n) is 11.6. The van der Waals surface area contributed by atoms with E-state index in [2.05, 4.69) is 52.3 Å². The van der Waals surface area contributed by atoms with Crippen molar-refractivity contribution in [3.8, 4) is 0 Å². The lowest BCUT2D eigenvalue weighted by Gasteiger charge is -2.15. The van der Waals surface area contributed by atoms with Crippen LogP contribution in [0.4, 0.5) is 0 Å². The third-order valence-electron chi connectivity index (χ3n) is 3.04. The van der Waals surface area contributed by atoms with Crippen molar-refractivity contribution in [2.45, 2.75) is 32.7 Å². The Balaban J connectivity index is 2.15. The van der Waals surface area contributed by atoms with E-state index in [4.69, 9.17) is 0 Å². The van der Waals surface area contributed by atoms with Gasteiger partial charge >= 0.3 is 0 Å². The quantitative estimate of drug-likeness (QED) is 0.865. The first-order valence-electron chi connectivity index (χ1n) is 6.58. The zero-order chi connectivity index (χ0) is 13.8. The minimum atomic E-state index is 0.352. The molecule has 2 rings (SSSR count). The fourth-order valence-electron chi connectivity index (χ4n) is 2.03. The average Bonchev–Trinajstić information content (AvgIpc) is 2.92. The predicted molar refractivity (Wildman–Crippen MR) is 84.7 cm³/mol. The normalized spacial score (nSPS) is 12.8. The fourth-order valence-corrected chi connectivity index (χ4v) is 3.68. The standard InChI is InChI=1S/C14H20BrN3S/c1-4-6-16-12(9-11-5-7-18(3)17-11)13-8-10(2)14(15)19-13/h5,7-8,12,16H,4,6,9H2,1-3H3. The Hall–Kier alpha value is -0.650. The van der Waals surface area contributed by atoms with E-state index in [9.17, 15) is 0 Å². The summed E-state index contributed by atoms with van der Waals surface area (Å²) in [6.45, 7) is 5.37. The van der Waals surface area contributed by atoms with Crippen LogP contribution in [0.25, 0.3) is 0 Å². The second kappa shape index (κ2) is 6.68. The molecule has 0 amide bonds. The second-order valence-corrected chi connectivity index (χ2v) is 7.20. The van der Waals surface area contributed by atoms with E-state index in [1.807, 2.05) is 29.3 Å². The molecule has 0 spiro atoms. The molecule has 1 atom stereocenters. The van der Waals surface area contributed by atoms with Gasteiger partial charge in [-0.05, 0) is 53.5 Å². The van der Waals surface area contributed by atoms with Gasteiger partial charge in [0.2, 0.25) is 0 Å². The number of nitrogens with one attached hydrogen (secondary N) is 1. The molecule has 0 radical (unpaired) electrons. The summed E-state index contributed by atoms with van der Waals surface area (Å²) >= 11 is 5.43. The highest BCUT2D eigenvalue weighted by Gasteiger charge is 2.16. The van der Waals surface area contributed by atoms with Crippen molar-refractivity contribution in [3.63, 3.8) is 0 Å². The first kappa shape index (κ1) is 14.8. The van der Waals surface area contributed by atoms with Gasteiger partial charge in [0.05, 0.1) is 9.48 Å². The van der Waals surface area contributed by atoms with E-state index in [0.717, 1.165) is 25.1 Å². The lowest BCUT2D eigenvalue weighted by molar-refractivity contribution is 0.528. The second-order valence-electron chi connectivity index (χ2n) is 4.80. The number of thiophene rings is 1. The summed E-state index contributed by atoms with van der Waals surface area (Å²) < 4.78 is 3.09. The van der Waals surface area contributed by atoms with Gasteiger partial charge in [0.25, 0.3) is 0 Å². The van der Waals surface area contributed by atoms with Crippen LogP contribution in [0, 0.1) is 6.92 Å². The number of rotatable bonds is 6. The van der Waals surface area contributed by atoms with Gasteiger partial charge in [-0.2, -0.15) is 5.10 Å². The zero-order valence-corrected chi connectivity index (χ0v) is 14.0. The van der Waals surface area contributed by atoms with Crippen LogP contribution in [0.15, 0.2) is 22.1 Å². The Labute approximate surface area is 127 Å². The van der Waals surface area contributed by atoms with E-state index >= 15 is 0 Å². The Bertz CT molecular complexity index is 513. The average molecular weight is 342 g/mol. The fraction of sp³-hybridized carbons (Fsp3) is 0.500. The minimum absolute atomic E-state index is 0.352. The highest BCUT2D eigenvalue weighted by molar-refractivity contribution is 9.11. The van der Waals surface area contributed by atoms with E-state index in [1.54, 1.807) is 0 Å². The molecule has 3 nitrogen and oxygen atoms in total. The highest BCUT2D eigenvalue weighted by Crippen LogP contribution is 2.32. The van der Waals surface area contributed by atoms with Gasteiger partial charge in [-0.3, -0.25) is 4.68 Å². The van der Waals surface area contributed by atoms with Crippen LogP contribution in [0.2, 0.25) is 0 Å². The smallest absolute Gasteiger partial charge is 0.0731 e. The third kappa shape index (κ3) is 3.91. The Morgan fingerprint density at radius 1 is 1.53 bits per heavy atom. The molecule has 0 saturated heterocycles. The highest BCUT2D eigenvalue weighted by atomic mass is 79.9. The van der Waals surface area contributed by atoms with Gasteiger partial charge in [-0.1, -0.05) is 6.92 Å². The molecule has 0 aliphatic rings. The largest absolute Gasteiger partial charge is 0.309 e. The van der Waals surface area contributed by atoms with Crippen molar-refractivity contribution < 1.29 is 0 Å². The van der Waals surface area contributed by atoms with Crippen molar-refractivity contribution in [1.82, 2.24) is 15.1 Å². The SMILES string of the molecule is CCCNC(Cc1ccn(C)n1)c1cc(C)c(Br)s1. The van der Waals surface area contributed by atoms with Crippen LogP contribution in [-0.2, 0) is 13.5 Å². The molecule has 0 aromatic carbocycles. The van der Waals surface area contributed by atoms with Crippen LogP contribution in [-0.4, -0.2) is 16.3 Å². The monoisotopic (exact) mass is 341 g/mol. The molecule has 104 valence electrons. The van der Waals surface area contributed by atoms with Crippen LogP contribution in [0.5, 0.6) is 0 Å². The molecule has 1 N–H and O–H groups in total. The summed E-state index contributed by atoms with van der Waals surface area (Å²) in [6, 6.07) is 4.71. The maximum Gasteiger partial charge on any atom is 0.0731 e. The summed E-state index contributed by atoms with van der Waals surface area (Å²) in [6.07, 6.45) is 4.08. The third-order valence-corrected chi connectivity index (χ3v) is 5.29. The van der Waals surface area contributed by atoms with Gasteiger partial charge in [0.15, 0.2) is 0 Å². The molecule has 2 heterocycles. The topological polar surface area (TPSA) is 29.9 Å². The van der Waals surface area contributed by atoms with Crippen molar-refractivity contribution in [3.05, 3.63) is 38.3 Å². The van der Waals surface area contributed by atoms with E-state index in [0.29, 0.717) is 6.04 Å². The first-order valence-corrected chi connectivity index (χ1v) is 8.18. The molecule has 19 heavy (non-hydrogen) atoms. The van der Waals surface area contributed by atoms with Crippen molar-refractivity contribution in [2.24, 2.45) is 7.05 Å². The molecule has 0 aliphatic carbocycles. The van der Waals surface area contributed by atoms with Gasteiger partial charge in [0, 0.05) is 30.6 Å². The van der Waals surface area contributed by atoms with Crippen LogP contribution in [0.3, 0.4) is 0 Å². The first-order chi connectivity index (χ1) is 9.10. The maximum absolute atomic E-state index is 4.48. The van der Waals surface area contributed by atoms with Crippen molar-refractivity contribution >= 4 is 27.3 Å². The van der Waals surface area contributed by atoms with Crippen molar-refractivity contribution in [2.75, 3.05) is 6.54 Å². The molecule has 2 aromatic heterocycles. The van der Waals surface area contributed by atoms with Gasteiger partial charge in [-0.15, -0.1) is 11.3 Å². The molecular weight excluding hydrogens is 322 g/mol. The summed E-state index contributed by atoms with van der Waals surface area (Å²) in [5, 5.41) is 8.11. The number of aryl methyl sites for hydroxylation is 2. The lowest BCUT2D eigenvalue weighted by atomic mass is 10.1. The van der Waals surface area contributed by atoms with E-state index < -0.39 is 0 Å². The number of halogens is 1. The predicted octanol–water partition coefficient (Wildman–Crippen LogP) is 3.84.